The number of carbonyl (C=O) groups excluding carboxylic acids is 1. The number of benzene rings is 2. The molecule has 0 N–H and O–H groups in total. The highest BCUT2D eigenvalue weighted by atomic mass is 16.4. The van der Waals surface area contributed by atoms with Gasteiger partial charge < -0.3 is 9.32 Å². The topological polar surface area (TPSA) is 46.3 Å². The summed E-state index contributed by atoms with van der Waals surface area (Å²) in [6.07, 6.45) is 0. The van der Waals surface area contributed by atoms with E-state index in [-0.39, 0.29) is 5.78 Å². The van der Waals surface area contributed by atoms with Crippen LogP contribution in [0.4, 0.5) is 6.01 Å². The highest BCUT2D eigenvalue weighted by molar-refractivity contribution is 5.94. The number of hydrogen-bond acceptors (Lipinski definition) is 4. The molecule has 0 aliphatic heterocycles. The monoisotopic (exact) mass is 280 g/mol. The van der Waals surface area contributed by atoms with Gasteiger partial charge in [0.25, 0.3) is 6.01 Å². The number of rotatable bonds is 3. The zero-order valence-electron chi connectivity index (χ0n) is 12.3. The predicted molar refractivity (Wildman–Crippen MR) is 83.8 cm³/mol. The van der Waals surface area contributed by atoms with Gasteiger partial charge in [-0.3, -0.25) is 4.79 Å². The van der Waals surface area contributed by atoms with Crippen LogP contribution in [0.25, 0.3) is 22.2 Å². The molecule has 0 fully saturated rings. The standard InChI is InChI=1S/C17H16N2O2/c1-11(20)12-4-6-13(7-5-12)14-8-9-16-15(10-14)18-17(21-16)19(2)3/h4-10H,1-3H3. The third-order valence-corrected chi connectivity index (χ3v) is 3.38. The van der Waals surface area contributed by atoms with Gasteiger partial charge in [-0.2, -0.15) is 4.98 Å². The Labute approximate surface area is 123 Å². The van der Waals surface area contributed by atoms with Crippen LogP contribution in [-0.4, -0.2) is 24.9 Å². The molecule has 21 heavy (non-hydrogen) atoms. The van der Waals surface area contributed by atoms with E-state index in [0.717, 1.165) is 27.8 Å². The number of fused-ring (bicyclic) bond motifs is 1. The fourth-order valence-electron chi connectivity index (χ4n) is 2.18. The van der Waals surface area contributed by atoms with Crippen molar-refractivity contribution in [2.24, 2.45) is 0 Å². The van der Waals surface area contributed by atoms with Crippen LogP contribution in [0, 0.1) is 0 Å². The predicted octanol–water partition coefficient (Wildman–Crippen LogP) is 3.76. The second-order valence-electron chi connectivity index (χ2n) is 5.21. The molecular formula is C17H16N2O2. The number of anilines is 1. The van der Waals surface area contributed by atoms with E-state index < -0.39 is 0 Å². The minimum absolute atomic E-state index is 0.0733. The summed E-state index contributed by atoms with van der Waals surface area (Å²) in [6.45, 7) is 1.57. The van der Waals surface area contributed by atoms with E-state index in [1.807, 2.05) is 61.5 Å². The molecule has 4 nitrogen and oxygen atoms in total. The van der Waals surface area contributed by atoms with Gasteiger partial charge in [-0.15, -0.1) is 0 Å². The van der Waals surface area contributed by atoms with Gasteiger partial charge in [-0.1, -0.05) is 30.3 Å². The van der Waals surface area contributed by atoms with Crippen LogP contribution in [0.3, 0.4) is 0 Å². The molecular weight excluding hydrogens is 264 g/mol. The van der Waals surface area contributed by atoms with Crippen LogP contribution >= 0.6 is 0 Å². The van der Waals surface area contributed by atoms with Crippen LogP contribution in [-0.2, 0) is 0 Å². The second-order valence-corrected chi connectivity index (χ2v) is 5.21. The number of ketones is 1. The molecule has 0 aliphatic rings. The molecule has 0 radical (unpaired) electrons. The van der Waals surface area contributed by atoms with Crippen LogP contribution < -0.4 is 4.90 Å². The van der Waals surface area contributed by atoms with Gasteiger partial charge >= 0.3 is 0 Å². The van der Waals surface area contributed by atoms with Crippen molar-refractivity contribution in [3.05, 3.63) is 48.0 Å². The number of oxazole rings is 1. The zero-order chi connectivity index (χ0) is 15.0. The maximum atomic E-state index is 11.3. The molecule has 3 aromatic rings. The molecule has 0 atom stereocenters. The first kappa shape index (κ1) is 13.4. The first-order valence-electron chi connectivity index (χ1n) is 6.74. The van der Waals surface area contributed by atoms with Gasteiger partial charge in [0, 0.05) is 19.7 Å². The molecule has 2 aromatic carbocycles. The summed E-state index contributed by atoms with van der Waals surface area (Å²) in [7, 11) is 3.79. The summed E-state index contributed by atoms with van der Waals surface area (Å²) in [5.41, 5.74) is 4.42. The molecule has 106 valence electrons. The van der Waals surface area contributed by atoms with Crippen LogP contribution in [0.2, 0.25) is 0 Å². The summed E-state index contributed by atoms with van der Waals surface area (Å²) < 4.78 is 5.64. The number of nitrogens with zero attached hydrogens (tertiary/aromatic N) is 2. The fraction of sp³-hybridized carbons (Fsp3) is 0.176. The van der Waals surface area contributed by atoms with Crippen molar-refractivity contribution in [3.8, 4) is 11.1 Å². The van der Waals surface area contributed by atoms with Crippen molar-refractivity contribution in [2.75, 3.05) is 19.0 Å². The number of hydrogen-bond donors (Lipinski definition) is 0. The van der Waals surface area contributed by atoms with E-state index in [9.17, 15) is 4.79 Å². The van der Waals surface area contributed by atoms with Gasteiger partial charge in [-0.05, 0) is 30.2 Å². The van der Waals surface area contributed by atoms with Gasteiger partial charge in [-0.25, -0.2) is 0 Å². The largest absolute Gasteiger partial charge is 0.423 e. The first-order valence-corrected chi connectivity index (χ1v) is 6.74. The van der Waals surface area contributed by atoms with Gasteiger partial charge in [0.2, 0.25) is 0 Å². The molecule has 0 unspecified atom stereocenters. The zero-order valence-corrected chi connectivity index (χ0v) is 12.3. The van der Waals surface area contributed by atoms with Crippen molar-refractivity contribution in [1.82, 2.24) is 4.98 Å². The van der Waals surface area contributed by atoms with Crippen molar-refractivity contribution >= 4 is 22.9 Å². The molecule has 0 amide bonds. The normalized spacial score (nSPS) is 10.8. The van der Waals surface area contributed by atoms with E-state index >= 15 is 0 Å². The fourth-order valence-corrected chi connectivity index (χ4v) is 2.18. The smallest absolute Gasteiger partial charge is 0.297 e. The van der Waals surface area contributed by atoms with Gasteiger partial charge in [0.1, 0.15) is 5.52 Å². The summed E-state index contributed by atoms with van der Waals surface area (Å²) in [6, 6.07) is 14.1. The lowest BCUT2D eigenvalue weighted by atomic mass is 10.0. The van der Waals surface area contributed by atoms with Crippen molar-refractivity contribution in [1.29, 1.82) is 0 Å². The maximum absolute atomic E-state index is 11.3. The average Bonchev–Trinajstić information content (AvgIpc) is 2.90. The molecule has 0 saturated carbocycles. The second kappa shape index (κ2) is 5.05. The Morgan fingerprint density at radius 2 is 1.71 bits per heavy atom. The van der Waals surface area contributed by atoms with Crippen molar-refractivity contribution in [3.63, 3.8) is 0 Å². The summed E-state index contributed by atoms with van der Waals surface area (Å²) in [5, 5.41) is 0. The van der Waals surface area contributed by atoms with Crippen LogP contribution in [0.5, 0.6) is 0 Å². The average molecular weight is 280 g/mol. The van der Waals surface area contributed by atoms with E-state index in [4.69, 9.17) is 4.42 Å². The number of carbonyl (C=O) groups is 1. The first-order chi connectivity index (χ1) is 10.0. The van der Waals surface area contributed by atoms with E-state index in [1.54, 1.807) is 6.92 Å². The Hall–Kier alpha value is -2.62. The van der Waals surface area contributed by atoms with Crippen molar-refractivity contribution in [2.45, 2.75) is 6.92 Å². The van der Waals surface area contributed by atoms with E-state index in [0.29, 0.717) is 6.01 Å². The third-order valence-electron chi connectivity index (χ3n) is 3.38. The Bertz CT molecular complexity index is 801. The Morgan fingerprint density at radius 3 is 2.33 bits per heavy atom. The van der Waals surface area contributed by atoms with Crippen LogP contribution in [0.1, 0.15) is 17.3 Å². The Kier molecular flexibility index (Phi) is 3.22. The van der Waals surface area contributed by atoms with Gasteiger partial charge in [0.05, 0.1) is 0 Å². The quantitative estimate of drug-likeness (QED) is 0.685. The van der Waals surface area contributed by atoms with Crippen LogP contribution in [0.15, 0.2) is 46.9 Å². The van der Waals surface area contributed by atoms with Gasteiger partial charge in [0.15, 0.2) is 11.4 Å². The Balaban J connectivity index is 2.01. The molecule has 0 bridgehead atoms. The minimum Gasteiger partial charge on any atom is -0.423 e. The molecule has 1 aromatic heterocycles. The molecule has 0 spiro atoms. The summed E-state index contributed by atoms with van der Waals surface area (Å²) >= 11 is 0. The third kappa shape index (κ3) is 2.52. The SMILES string of the molecule is CC(=O)c1ccc(-c2ccc3oc(N(C)C)nc3c2)cc1. The molecule has 1 heterocycles. The lowest BCUT2D eigenvalue weighted by Gasteiger charge is -2.03. The number of Topliss-reactive ketones (excluding diaryl/α,β-unsaturated/α-hetero) is 1. The Morgan fingerprint density at radius 1 is 1.05 bits per heavy atom. The molecule has 0 saturated heterocycles. The number of aromatic nitrogens is 1. The lowest BCUT2D eigenvalue weighted by molar-refractivity contribution is 0.101. The highest BCUT2D eigenvalue weighted by Gasteiger charge is 2.09. The summed E-state index contributed by atoms with van der Waals surface area (Å²) in [4.78, 5) is 17.6. The minimum atomic E-state index is 0.0733. The molecule has 3 rings (SSSR count). The van der Waals surface area contributed by atoms with E-state index in [1.165, 1.54) is 0 Å². The molecule has 0 aliphatic carbocycles. The maximum Gasteiger partial charge on any atom is 0.297 e. The van der Waals surface area contributed by atoms with E-state index in [2.05, 4.69) is 4.98 Å². The van der Waals surface area contributed by atoms with Crippen molar-refractivity contribution < 1.29 is 9.21 Å². The summed E-state index contributed by atoms with van der Waals surface area (Å²) in [5.74, 6) is 0.0733. The lowest BCUT2D eigenvalue weighted by Crippen LogP contribution is -2.08. The highest BCUT2D eigenvalue weighted by Crippen LogP contribution is 2.27. The molecule has 4 heteroatoms.